The first-order chi connectivity index (χ1) is 8.56. The third-order valence-electron chi connectivity index (χ3n) is 1.72. The molecule has 5 nitrogen and oxygen atoms in total. The Bertz CT molecular complexity index is 387. The highest BCUT2D eigenvalue weighted by atomic mass is 16.5. The Morgan fingerprint density at radius 1 is 1.33 bits per heavy atom. The summed E-state index contributed by atoms with van der Waals surface area (Å²) in [5.74, 6) is 0.147. The van der Waals surface area contributed by atoms with Crippen LogP contribution >= 0.6 is 0 Å². The van der Waals surface area contributed by atoms with Crippen molar-refractivity contribution in [3.8, 4) is 17.2 Å². The van der Waals surface area contributed by atoms with Crippen LogP contribution < -0.4 is 9.47 Å². The molecular weight excluding hydrogens is 236 g/mol. The number of hydrogen-bond donors (Lipinski definition) is 2. The van der Waals surface area contributed by atoms with Crippen LogP contribution in [0.15, 0.2) is 30.9 Å². The standard InChI is InChI=1S/C10H14O3.C3H4O2/c1-3-12-9-7-5-6-8(11)10(9)13-4-2;1-2-3(4)5/h5-7,11H,3-4H2,1-2H3;2H,1H2,(H,4,5). The zero-order chi connectivity index (χ0) is 14.0. The molecule has 100 valence electrons. The quantitative estimate of drug-likeness (QED) is 0.789. The van der Waals surface area contributed by atoms with Gasteiger partial charge in [-0.15, -0.1) is 0 Å². The van der Waals surface area contributed by atoms with Gasteiger partial charge in [-0.25, -0.2) is 4.79 Å². The van der Waals surface area contributed by atoms with Crippen LogP contribution in [0.2, 0.25) is 0 Å². The highest BCUT2D eigenvalue weighted by molar-refractivity contribution is 5.78. The van der Waals surface area contributed by atoms with Gasteiger partial charge in [-0.3, -0.25) is 0 Å². The Morgan fingerprint density at radius 2 is 1.89 bits per heavy atom. The molecule has 1 aromatic rings. The molecule has 0 aliphatic rings. The summed E-state index contributed by atoms with van der Waals surface area (Å²) in [6.07, 6.45) is 0.833. The second-order valence-corrected chi connectivity index (χ2v) is 3.01. The molecule has 0 unspecified atom stereocenters. The minimum absolute atomic E-state index is 0.118. The minimum atomic E-state index is -0.981. The van der Waals surface area contributed by atoms with Crippen molar-refractivity contribution < 1.29 is 24.5 Å². The first-order valence-electron chi connectivity index (χ1n) is 5.49. The number of aromatic hydroxyl groups is 1. The molecule has 0 bridgehead atoms. The molecule has 1 aromatic carbocycles. The maximum atomic E-state index is 9.44. The van der Waals surface area contributed by atoms with E-state index in [0.717, 1.165) is 6.08 Å². The predicted octanol–water partition coefficient (Wildman–Crippen LogP) is 2.45. The van der Waals surface area contributed by atoms with Gasteiger partial charge in [-0.1, -0.05) is 12.6 Å². The normalized spacial score (nSPS) is 8.78. The number of aliphatic carboxylic acids is 1. The lowest BCUT2D eigenvalue weighted by atomic mass is 10.3. The molecular formula is C13H18O5. The highest BCUT2D eigenvalue weighted by Gasteiger charge is 2.08. The van der Waals surface area contributed by atoms with E-state index >= 15 is 0 Å². The van der Waals surface area contributed by atoms with Crippen LogP contribution in [0.4, 0.5) is 0 Å². The van der Waals surface area contributed by atoms with Crippen LogP contribution in [0.5, 0.6) is 17.2 Å². The minimum Gasteiger partial charge on any atom is -0.504 e. The predicted molar refractivity (Wildman–Crippen MR) is 68.3 cm³/mol. The molecule has 0 fully saturated rings. The van der Waals surface area contributed by atoms with Crippen molar-refractivity contribution in [2.24, 2.45) is 0 Å². The number of ether oxygens (including phenoxy) is 2. The van der Waals surface area contributed by atoms with Crippen LogP contribution in [0.1, 0.15) is 13.8 Å². The van der Waals surface area contributed by atoms with Gasteiger partial charge in [0.1, 0.15) is 0 Å². The van der Waals surface area contributed by atoms with Gasteiger partial charge in [0.2, 0.25) is 5.75 Å². The van der Waals surface area contributed by atoms with Crippen molar-refractivity contribution >= 4 is 5.97 Å². The SMILES string of the molecule is C=CC(=O)O.CCOc1cccc(O)c1OCC. The summed E-state index contributed by atoms with van der Waals surface area (Å²) in [6, 6.07) is 5.07. The van der Waals surface area contributed by atoms with Crippen molar-refractivity contribution in [3.05, 3.63) is 30.9 Å². The molecule has 1 rings (SSSR count). The molecule has 2 N–H and O–H groups in total. The number of hydrogen-bond acceptors (Lipinski definition) is 4. The topological polar surface area (TPSA) is 76.0 Å². The summed E-state index contributed by atoms with van der Waals surface area (Å²) < 4.78 is 10.5. The first-order valence-corrected chi connectivity index (χ1v) is 5.49. The average Bonchev–Trinajstić information content (AvgIpc) is 2.35. The Morgan fingerprint density at radius 3 is 2.33 bits per heavy atom. The number of carboxylic acids is 1. The molecule has 0 saturated carbocycles. The lowest BCUT2D eigenvalue weighted by Crippen LogP contribution is -1.98. The summed E-state index contributed by atoms with van der Waals surface area (Å²) >= 11 is 0. The summed E-state index contributed by atoms with van der Waals surface area (Å²) in [4.78, 5) is 9.25. The number of carbonyl (C=O) groups is 1. The van der Waals surface area contributed by atoms with Crippen molar-refractivity contribution in [3.63, 3.8) is 0 Å². The van der Waals surface area contributed by atoms with Crippen molar-refractivity contribution in [1.29, 1.82) is 0 Å². The largest absolute Gasteiger partial charge is 0.504 e. The monoisotopic (exact) mass is 254 g/mol. The number of benzene rings is 1. The fourth-order valence-electron chi connectivity index (χ4n) is 1.06. The van der Waals surface area contributed by atoms with Crippen molar-refractivity contribution in [2.75, 3.05) is 13.2 Å². The zero-order valence-corrected chi connectivity index (χ0v) is 10.5. The van der Waals surface area contributed by atoms with Gasteiger partial charge >= 0.3 is 5.97 Å². The van der Waals surface area contributed by atoms with Crippen LogP contribution in [0, 0.1) is 0 Å². The zero-order valence-electron chi connectivity index (χ0n) is 10.5. The van der Waals surface area contributed by atoms with E-state index in [4.69, 9.17) is 14.6 Å². The Kier molecular flexibility index (Phi) is 7.85. The van der Waals surface area contributed by atoms with Gasteiger partial charge in [-0.2, -0.15) is 0 Å². The van der Waals surface area contributed by atoms with Crippen LogP contribution in [-0.4, -0.2) is 29.4 Å². The third kappa shape index (κ3) is 5.79. The fourth-order valence-corrected chi connectivity index (χ4v) is 1.06. The molecule has 18 heavy (non-hydrogen) atoms. The first kappa shape index (κ1) is 15.8. The van der Waals surface area contributed by atoms with Gasteiger partial charge in [-0.05, 0) is 26.0 Å². The second-order valence-electron chi connectivity index (χ2n) is 3.01. The maximum Gasteiger partial charge on any atom is 0.327 e. The third-order valence-corrected chi connectivity index (χ3v) is 1.72. The molecule has 0 aromatic heterocycles. The van der Waals surface area contributed by atoms with E-state index in [1.165, 1.54) is 0 Å². The van der Waals surface area contributed by atoms with Crippen molar-refractivity contribution in [1.82, 2.24) is 0 Å². The van der Waals surface area contributed by atoms with Crippen molar-refractivity contribution in [2.45, 2.75) is 13.8 Å². The summed E-state index contributed by atoms with van der Waals surface area (Å²) in [5.41, 5.74) is 0. The van der Waals surface area contributed by atoms with Gasteiger partial charge in [0, 0.05) is 6.08 Å². The van der Waals surface area contributed by atoms with Gasteiger partial charge < -0.3 is 19.7 Å². The van der Waals surface area contributed by atoms with E-state index in [1.54, 1.807) is 18.2 Å². The van der Waals surface area contributed by atoms with E-state index in [-0.39, 0.29) is 5.75 Å². The Labute approximate surface area is 106 Å². The number of para-hydroxylation sites is 1. The van der Waals surface area contributed by atoms with E-state index in [0.29, 0.717) is 24.7 Å². The molecule has 0 aliphatic carbocycles. The number of phenolic OH excluding ortho intramolecular Hbond substituents is 1. The van der Waals surface area contributed by atoms with Crippen LogP contribution in [0.3, 0.4) is 0 Å². The van der Waals surface area contributed by atoms with E-state index < -0.39 is 5.97 Å². The summed E-state index contributed by atoms with van der Waals surface area (Å²) in [6.45, 7) is 7.78. The number of phenols is 1. The molecule has 5 heteroatoms. The molecule has 0 aliphatic heterocycles. The van der Waals surface area contributed by atoms with Gasteiger partial charge in [0.15, 0.2) is 11.5 Å². The second kappa shape index (κ2) is 8.92. The molecule has 0 saturated heterocycles. The van der Waals surface area contributed by atoms with Gasteiger partial charge in [0.25, 0.3) is 0 Å². The Balaban J connectivity index is 0.000000494. The number of rotatable bonds is 5. The lowest BCUT2D eigenvalue weighted by molar-refractivity contribution is -0.131. The molecule has 0 atom stereocenters. The Hall–Kier alpha value is -2.17. The highest BCUT2D eigenvalue weighted by Crippen LogP contribution is 2.35. The maximum absolute atomic E-state index is 9.44. The van der Waals surface area contributed by atoms with Crippen LogP contribution in [-0.2, 0) is 4.79 Å². The molecule has 0 spiro atoms. The molecule has 0 radical (unpaired) electrons. The van der Waals surface area contributed by atoms with E-state index in [9.17, 15) is 9.90 Å². The van der Waals surface area contributed by atoms with Gasteiger partial charge in [0.05, 0.1) is 13.2 Å². The molecule has 0 heterocycles. The smallest absolute Gasteiger partial charge is 0.327 e. The summed E-state index contributed by atoms with van der Waals surface area (Å²) in [7, 11) is 0. The van der Waals surface area contributed by atoms with E-state index in [2.05, 4.69) is 6.58 Å². The molecule has 0 amide bonds. The lowest BCUT2D eigenvalue weighted by Gasteiger charge is -2.11. The van der Waals surface area contributed by atoms with E-state index in [1.807, 2.05) is 13.8 Å². The van der Waals surface area contributed by atoms with Crippen LogP contribution in [0.25, 0.3) is 0 Å². The average molecular weight is 254 g/mol. The fraction of sp³-hybridized carbons (Fsp3) is 0.308. The number of carboxylic acid groups (broad SMARTS) is 1. The summed E-state index contributed by atoms with van der Waals surface area (Å²) in [5, 5.41) is 17.0.